The van der Waals surface area contributed by atoms with Crippen molar-refractivity contribution in [2.45, 2.75) is 6.92 Å². The van der Waals surface area contributed by atoms with E-state index < -0.39 is 5.97 Å². The van der Waals surface area contributed by atoms with Crippen LogP contribution in [-0.4, -0.2) is 27.7 Å². The van der Waals surface area contributed by atoms with E-state index in [1.54, 1.807) is 13.0 Å². The van der Waals surface area contributed by atoms with E-state index in [0.29, 0.717) is 16.8 Å². The van der Waals surface area contributed by atoms with Gasteiger partial charge in [0.25, 0.3) is 0 Å². The van der Waals surface area contributed by atoms with Crippen LogP contribution in [0.25, 0.3) is 85.8 Å². The first-order chi connectivity index (χ1) is 25.6. The van der Waals surface area contributed by atoms with Crippen molar-refractivity contribution in [1.82, 2.24) is 19.9 Å². The van der Waals surface area contributed by atoms with Gasteiger partial charge in [-0.2, -0.15) is 0 Å². The van der Waals surface area contributed by atoms with Gasteiger partial charge in [-0.25, -0.2) is 14.8 Å². The Balaban J connectivity index is 0.00000435. The third kappa shape index (κ3) is 7.18. The molecule has 260 valence electrons. The van der Waals surface area contributed by atoms with Crippen LogP contribution in [0.2, 0.25) is 0 Å². The van der Waals surface area contributed by atoms with Crippen molar-refractivity contribution in [3.8, 4) is 33.4 Å². The average Bonchev–Trinajstić information content (AvgIpc) is 4.01. The van der Waals surface area contributed by atoms with Crippen LogP contribution in [0, 0.1) is 0 Å². The van der Waals surface area contributed by atoms with Gasteiger partial charge in [0.2, 0.25) is 0 Å². The molecule has 0 saturated carbocycles. The Bertz CT molecular complexity index is 2560. The molecule has 0 unspecified atom stereocenters. The molecule has 8 rings (SSSR count). The minimum absolute atomic E-state index is 0. The van der Waals surface area contributed by atoms with E-state index in [1.807, 2.05) is 103 Å². The van der Waals surface area contributed by atoms with Crippen molar-refractivity contribution >= 4 is 58.4 Å². The number of fused-ring (bicyclic) bond motifs is 8. The molecule has 0 aliphatic carbocycles. The van der Waals surface area contributed by atoms with Crippen molar-refractivity contribution in [3.05, 3.63) is 162 Å². The van der Waals surface area contributed by atoms with E-state index in [0.717, 1.165) is 73.1 Å². The van der Waals surface area contributed by atoms with Gasteiger partial charge in [0, 0.05) is 0 Å². The molecular weight excluding hydrogens is 703 g/mol. The molecule has 8 bridgehead atoms. The fourth-order valence-corrected chi connectivity index (χ4v) is 6.50. The SMILES string of the molecule is CCOC(=O)/C=C(O)\C=C\c1c2nc(c(-c3ccccc3)c3ccc([n-]3)c(-c3ccccc3)c3nc(c(-c4ccccc4)c4ccc1[n-]4)C=C3)C=C2.[Ni+2]. The Kier molecular flexibility index (Phi) is 10.1. The van der Waals surface area contributed by atoms with Gasteiger partial charge in [0.15, 0.2) is 0 Å². The van der Waals surface area contributed by atoms with Gasteiger partial charge in [0.05, 0.1) is 35.5 Å². The number of aromatic nitrogens is 4. The minimum Gasteiger partial charge on any atom is -0.657 e. The topological polar surface area (TPSA) is 101 Å². The van der Waals surface area contributed by atoms with Crippen LogP contribution in [0.1, 0.15) is 35.3 Å². The zero-order valence-corrected chi connectivity index (χ0v) is 29.6. The van der Waals surface area contributed by atoms with Crippen molar-refractivity contribution in [2.75, 3.05) is 6.61 Å². The first-order valence-electron chi connectivity index (χ1n) is 17.0. The molecule has 0 saturated heterocycles. The molecule has 3 aromatic carbocycles. The molecule has 2 aliphatic heterocycles. The fraction of sp³-hybridized carbons (Fsp3) is 0.0444. The van der Waals surface area contributed by atoms with E-state index in [2.05, 4.69) is 36.4 Å². The van der Waals surface area contributed by atoms with Gasteiger partial charge in [-0.15, -0.1) is 22.1 Å². The van der Waals surface area contributed by atoms with E-state index in [9.17, 15) is 9.90 Å². The summed E-state index contributed by atoms with van der Waals surface area (Å²) in [6, 6.07) is 38.4. The predicted octanol–water partition coefficient (Wildman–Crippen LogP) is 9.93. The maximum absolute atomic E-state index is 12.1. The molecule has 0 fully saturated rings. The Morgan fingerprint density at radius 3 is 1.45 bits per heavy atom. The second-order valence-corrected chi connectivity index (χ2v) is 12.2. The Morgan fingerprint density at radius 2 is 1.00 bits per heavy atom. The molecule has 0 radical (unpaired) electrons. The second kappa shape index (κ2) is 15.4. The molecule has 0 spiro atoms. The normalized spacial score (nSPS) is 12.2. The molecule has 3 aromatic heterocycles. The summed E-state index contributed by atoms with van der Waals surface area (Å²) in [5.41, 5.74) is 12.1. The van der Waals surface area contributed by atoms with Gasteiger partial charge in [-0.1, -0.05) is 121 Å². The Labute approximate surface area is 316 Å². The summed E-state index contributed by atoms with van der Waals surface area (Å²) in [7, 11) is 0. The summed E-state index contributed by atoms with van der Waals surface area (Å²) in [5.74, 6) is -0.882. The molecule has 53 heavy (non-hydrogen) atoms. The minimum atomic E-state index is -0.630. The van der Waals surface area contributed by atoms with Crippen LogP contribution in [0.15, 0.2) is 133 Å². The van der Waals surface area contributed by atoms with Crippen LogP contribution in [0.4, 0.5) is 0 Å². The van der Waals surface area contributed by atoms with Crippen LogP contribution >= 0.6 is 0 Å². The maximum atomic E-state index is 12.1. The Hall–Kier alpha value is -6.50. The molecule has 0 amide bonds. The number of allylic oxidation sites excluding steroid dienone is 1. The molecule has 1 N–H and O–H groups in total. The third-order valence-corrected chi connectivity index (χ3v) is 8.81. The van der Waals surface area contributed by atoms with Crippen molar-refractivity contribution in [3.63, 3.8) is 0 Å². The van der Waals surface area contributed by atoms with Gasteiger partial charge < -0.3 is 19.8 Å². The number of carbonyl (C=O) groups excluding carboxylic acids is 1. The summed E-state index contributed by atoms with van der Waals surface area (Å²) in [5, 5.41) is 10.7. The first kappa shape index (κ1) is 34.9. The maximum Gasteiger partial charge on any atom is 2.00 e. The Morgan fingerprint density at radius 1 is 0.604 bits per heavy atom. The van der Waals surface area contributed by atoms with E-state index >= 15 is 0 Å². The summed E-state index contributed by atoms with van der Waals surface area (Å²) in [6.45, 7) is 1.92. The fourth-order valence-electron chi connectivity index (χ4n) is 6.50. The van der Waals surface area contributed by atoms with Crippen molar-refractivity contribution in [1.29, 1.82) is 0 Å². The number of esters is 1. The summed E-state index contributed by atoms with van der Waals surface area (Å²) < 4.78 is 4.99. The summed E-state index contributed by atoms with van der Waals surface area (Å²) >= 11 is 0. The summed E-state index contributed by atoms with van der Waals surface area (Å²) in [6.07, 6.45) is 12.2. The van der Waals surface area contributed by atoms with Gasteiger partial charge in [-0.3, -0.25) is 0 Å². The molecule has 5 heterocycles. The van der Waals surface area contributed by atoms with Gasteiger partial charge in [-0.05, 0) is 76.2 Å². The van der Waals surface area contributed by atoms with Crippen molar-refractivity contribution < 1.29 is 31.1 Å². The summed E-state index contributed by atoms with van der Waals surface area (Å²) in [4.78, 5) is 32.9. The van der Waals surface area contributed by atoms with Crippen molar-refractivity contribution in [2.24, 2.45) is 0 Å². The van der Waals surface area contributed by atoms with Gasteiger partial charge >= 0.3 is 22.5 Å². The smallest absolute Gasteiger partial charge is 0.657 e. The number of carbonyl (C=O) groups is 1. The number of rotatable bonds is 7. The molecular formula is C45H32N4NiO3. The largest absolute Gasteiger partial charge is 2.00 e. The van der Waals surface area contributed by atoms with E-state index in [-0.39, 0.29) is 28.9 Å². The monoisotopic (exact) mass is 734 g/mol. The number of benzene rings is 3. The zero-order valence-electron chi connectivity index (χ0n) is 28.6. The number of aliphatic hydroxyl groups is 1. The zero-order chi connectivity index (χ0) is 35.4. The van der Waals surface area contributed by atoms with Crippen LogP contribution in [0.3, 0.4) is 0 Å². The van der Waals surface area contributed by atoms with Crippen LogP contribution in [0.5, 0.6) is 0 Å². The number of nitrogens with zero attached hydrogens (tertiary/aromatic N) is 4. The number of ether oxygens (including phenoxy) is 1. The van der Waals surface area contributed by atoms with Gasteiger partial charge in [0.1, 0.15) is 5.76 Å². The quantitative estimate of drug-likeness (QED) is 0.0572. The second-order valence-electron chi connectivity index (χ2n) is 12.2. The number of aliphatic hydroxyl groups excluding tert-OH is 1. The van der Waals surface area contributed by atoms with E-state index in [1.165, 1.54) is 6.08 Å². The molecule has 7 nitrogen and oxygen atoms in total. The number of hydrogen-bond acceptors (Lipinski definition) is 5. The van der Waals surface area contributed by atoms with Crippen LogP contribution < -0.4 is 9.97 Å². The molecule has 8 heteroatoms. The standard InChI is InChI=1S/C45H33N4O3.Ni/c1-2-52-42(51)28-32(50)18-19-33-34-20-22-36(46-34)43(29-12-6-3-7-13-29)38-24-26-40(48-38)45(31-16-10-5-11-17-31)41-27-25-39(49-41)44(30-14-8-4-9-15-30)37-23-21-35(33)47-37;/h3-28H,2H2,1H3,(H2-,46,47,48,49,50,51);/q-1;+2/p-1. The average molecular weight is 735 g/mol. The molecule has 6 aromatic rings. The van der Waals surface area contributed by atoms with Crippen LogP contribution in [-0.2, 0) is 26.0 Å². The third-order valence-electron chi connectivity index (χ3n) is 8.81. The molecule has 2 aliphatic rings. The first-order valence-corrected chi connectivity index (χ1v) is 17.0. The molecule has 0 atom stereocenters. The number of hydrogen-bond donors (Lipinski definition) is 1. The van der Waals surface area contributed by atoms with E-state index in [4.69, 9.17) is 24.7 Å². The predicted molar refractivity (Wildman–Crippen MR) is 209 cm³/mol.